The van der Waals surface area contributed by atoms with Crippen molar-refractivity contribution in [2.75, 3.05) is 0 Å². The third-order valence-corrected chi connectivity index (χ3v) is 4.97. The fourth-order valence-corrected chi connectivity index (χ4v) is 3.41. The number of nitrogens with zero attached hydrogens (tertiary/aromatic N) is 9. The van der Waals surface area contributed by atoms with Gasteiger partial charge in [-0.3, -0.25) is 0 Å². The Balaban J connectivity index is 1.51. The first-order valence-corrected chi connectivity index (χ1v) is 9.34. The Hall–Kier alpha value is -4.15. The molecule has 0 spiro atoms. The highest BCUT2D eigenvalue weighted by Gasteiger charge is 2.21. The number of aryl methyl sites for hydroxylation is 1. The molecule has 0 radical (unpaired) electrons. The van der Waals surface area contributed by atoms with Crippen molar-refractivity contribution in [1.29, 1.82) is 0 Å². The summed E-state index contributed by atoms with van der Waals surface area (Å²) >= 11 is 0. The van der Waals surface area contributed by atoms with Crippen molar-refractivity contribution in [3.63, 3.8) is 0 Å². The normalized spacial score (nSPS) is 12.6. The summed E-state index contributed by atoms with van der Waals surface area (Å²) in [6, 6.07) is 11.2. The molecule has 0 saturated heterocycles. The Bertz CT molecular complexity index is 1380. The largest absolute Gasteiger partial charge is 0.390 e. The van der Waals surface area contributed by atoms with Crippen LogP contribution in [-0.4, -0.2) is 44.1 Å². The Morgan fingerprint density at radius 2 is 1.97 bits per heavy atom. The standard InChI is InChI=1S/C19H17N9O2/c1-12(10-25-13(2)8-16(23-25)28(29)30)17-22-19-15-9-21-27(14-6-4-3-5-7-14)18(15)20-11-26(19)24-17/h3-9,11-12H,10H2,1-2H3/t12-/m1/s1. The summed E-state index contributed by atoms with van der Waals surface area (Å²) in [5.41, 5.74) is 2.98. The molecule has 4 aromatic heterocycles. The van der Waals surface area contributed by atoms with E-state index in [-0.39, 0.29) is 11.7 Å². The molecule has 0 amide bonds. The summed E-state index contributed by atoms with van der Waals surface area (Å²) in [6.07, 6.45) is 3.35. The summed E-state index contributed by atoms with van der Waals surface area (Å²) < 4.78 is 5.00. The summed E-state index contributed by atoms with van der Waals surface area (Å²) in [7, 11) is 0. The number of hydrogen-bond donors (Lipinski definition) is 0. The minimum absolute atomic E-state index is 0.109. The van der Waals surface area contributed by atoms with Crippen LogP contribution in [0.3, 0.4) is 0 Å². The molecule has 0 aliphatic heterocycles. The summed E-state index contributed by atoms with van der Waals surface area (Å²) in [5, 5.41) is 24.8. The van der Waals surface area contributed by atoms with E-state index >= 15 is 0 Å². The van der Waals surface area contributed by atoms with Crippen LogP contribution in [-0.2, 0) is 6.54 Å². The number of benzene rings is 1. The van der Waals surface area contributed by atoms with Gasteiger partial charge in [-0.05, 0) is 24.0 Å². The van der Waals surface area contributed by atoms with Gasteiger partial charge in [-0.1, -0.05) is 25.1 Å². The average molecular weight is 403 g/mol. The molecule has 11 heteroatoms. The van der Waals surface area contributed by atoms with E-state index in [2.05, 4.69) is 20.3 Å². The molecule has 1 aromatic carbocycles. The van der Waals surface area contributed by atoms with Gasteiger partial charge < -0.3 is 10.1 Å². The maximum absolute atomic E-state index is 11.0. The molecule has 150 valence electrons. The summed E-state index contributed by atoms with van der Waals surface area (Å²) in [4.78, 5) is 19.7. The molecular weight excluding hydrogens is 386 g/mol. The second kappa shape index (κ2) is 6.72. The molecule has 0 bridgehead atoms. The first kappa shape index (κ1) is 17.9. The van der Waals surface area contributed by atoms with Gasteiger partial charge in [0.15, 0.2) is 17.1 Å². The predicted molar refractivity (Wildman–Crippen MR) is 107 cm³/mol. The second-order valence-electron chi connectivity index (χ2n) is 7.10. The van der Waals surface area contributed by atoms with E-state index < -0.39 is 4.92 Å². The molecular formula is C19H17N9O2. The Labute approximate surface area is 169 Å². The minimum atomic E-state index is -0.496. The lowest BCUT2D eigenvalue weighted by Crippen LogP contribution is -2.11. The van der Waals surface area contributed by atoms with Crippen molar-refractivity contribution in [2.45, 2.75) is 26.3 Å². The fourth-order valence-electron chi connectivity index (χ4n) is 3.41. The molecule has 5 rings (SSSR count). The van der Waals surface area contributed by atoms with Gasteiger partial charge in [0.25, 0.3) is 0 Å². The smallest absolute Gasteiger partial charge is 0.358 e. The molecule has 5 aromatic rings. The molecule has 4 heterocycles. The Morgan fingerprint density at radius 3 is 2.70 bits per heavy atom. The van der Waals surface area contributed by atoms with E-state index in [1.54, 1.807) is 33.3 Å². The maximum Gasteiger partial charge on any atom is 0.390 e. The molecule has 1 atom stereocenters. The lowest BCUT2D eigenvalue weighted by Gasteiger charge is -2.05. The molecule has 0 N–H and O–H groups in total. The first-order valence-electron chi connectivity index (χ1n) is 9.34. The number of fused-ring (bicyclic) bond motifs is 3. The van der Waals surface area contributed by atoms with Gasteiger partial charge in [0.1, 0.15) is 6.33 Å². The van der Waals surface area contributed by atoms with Gasteiger partial charge in [0, 0.05) is 5.92 Å². The summed E-state index contributed by atoms with van der Waals surface area (Å²) in [5.74, 6) is 0.332. The lowest BCUT2D eigenvalue weighted by molar-refractivity contribution is -0.389. The van der Waals surface area contributed by atoms with Crippen molar-refractivity contribution >= 4 is 22.5 Å². The molecule has 0 fully saturated rings. The summed E-state index contributed by atoms with van der Waals surface area (Å²) in [6.45, 7) is 4.17. The van der Waals surface area contributed by atoms with E-state index in [1.807, 2.05) is 37.3 Å². The van der Waals surface area contributed by atoms with Crippen LogP contribution in [0.4, 0.5) is 5.82 Å². The monoisotopic (exact) mass is 403 g/mol. The quantitative estimate of drug-likeness (QED) is 0.326. The number of nitro groups is 1. The van der Waals surface area contributed by atoms with Gasteiger partial charge in [-0.25, -0.2) is 19.2 Å². The highest BCUT2D eigenvalue weighted by atomic mass is 16.6. The molecule has 0 unspecified atom stereocenters. The lowest BCUT2D eigenvalue weighted by atomic mass is 10.1. The van der Waals surface area contributed by atoms with Crippen LogP contribution in [0.25, 0.3) is 22.4 Å². The van der Waals surface area contributed by atoms with Crippen LogP contribution in [0.1, 0.15) is 24.4 Å². The zero-order valence-corrected chi connectivity index (χ0v) is 16.2. The first-order chi connectivity index (χ1) is 14.5. The molecule has 11 nitrogen and oxygen atoms in total. The molecule has 0 saturated carbocycles. The zero-order valence-electron chi connectivity index (χ0n) is 16.2. The van der Waals surface area contributed by atoms with Crippen LogP contribution < -0.4 is 0 Å². The Morgan fingerprint density at radius 1 is 1.17 bits per heavy atom. The number of hydrogen-bond acceptors (Lipinski definition) is 7. The molecule has 30 heavy (non-hydrogen) atoms. The van der Waals surface area contributed by atoms with E-state index in [1.165, 1.54) is 6.07 Å². The molecule has 0 aliphatic carbocycles. The highest BCUT2D eigenvalue weighted by molar-refractivity contribution is 5.89. The van der Waals surface area contributed by atoms with Crippen LogP contribution in [0, 0.1) is 17.0 Å². The topological polar surface area (TPSA) is 122 Å². The van der Waals surface area contributed by atoms with Crippen molar-refractivity contribution in [3.8, 4) is 5.69 Å². The highest BCUT2D eigenvalue weighted by Crippen LogP contribution is 2.22. The third kappa shape index (κ3) is 2.87. The van der Waals surface area contributed by atoms with Gasteiger partial charge >= 0.3 is 5.82 Å². The van der Waals surface area contributed by atoms with E-state index in [0.717, 1.165) is 11.1 Å². The number of aromatic nitrogens is 8. The van der Waals surface area contributed by atoms with Crippen LogP contribution in [0.15, 0.2) is 48.9 Å². The van der Waals surface area contributed by atoms with Gasteiger partial charge in [-0.15, -0.1) is 5.10 Å². The van der Waals surface area contributed by atoms with Crippen molar-refractivity contribution in [1.82, 2.24) is 39.1 Å². The third-order valence-electron chi connectivity index (χ3n) is 4.97. The Kier molecular flexibility index (Phi) is 4.02. The van der Waals surface area contributed by atoms with Crippen LogP contribution >= 0.6 is 0 Å². The maximum atomic E-state index is 11.0. The minimum Gasteiger partial charge on any atom is -0.358 e. The van der Waals surface area contributed by atoms with Crippen molar-refractivity contribution < 1.29 is 4.92 Å². The van der Waals surface area contributed by atoms with Crippen LogP contribution in [0.5, 0.6) is 0 Å². The number of para-hydroxylation sites is 1. The van der Waals surface area contributed by atoms with E-state index in [4.69, 9.17) is 4.98 Å². The van der Waals surface area contributed by atoms with Crippen LogP contribution in [0.2, 0.25) is 0 Å². The predicted octanol–water partition coefficient (Wildman–Crippen LogP) is 2.68. The van der Waals surface area contributed by atoms with Gasteiger partial charge in [-0.2, -0.15) is 9.78 Å². The average Bonchev–Trinajstić information content (AvgIpc) is 3.44. The second-order valence-corrected chi connectivity index (χ2v) is 7.10. The van der Waals surface area contributed by atoms with Gasteiger partial charge in [0.2, 0.25) is 0 Å². The SMILES string of the molecule is Cc1cc([N+](=O)[O-])nn1C[C@@H](C)c1nc2c3cnn(-c4ccccc4)c3ncn2n1. The van der Waals surface area contributed by atoms with E-state index in [9.17, 15) is 10.1 Å². The van der Waals surface area contributed by atoms with E-state index in [0.29, 0.717) is 29.4 Å². The number of rotatable bonds is 5. The fraction of sp³-hybridized carbons (Fsp3) is 0.211. The van der Waals surface area contributed by atoms with Gasteiger partial charge in [0.05, 0.1) is 40.7 Å². The van der Waals surface area contributed by atoms with Crippen molar-refractivity contribution in [3.05, 3.63) is 70.6 Å². The van der Waals surface area contributed by atoms with Crippen molar-refractivity contribution in [2.24, 2.45) is 0 Å². The molecule has 0 aliphatic rings. The zero-order chi connectivity index (χ0) is 20.8.